The van der Waals surface area contributed by atoms with Crippen molar-refractivity contribution >= 4 is 17.6 Å². The van der Waals surface area contributed by atoms with Gasteiger partial charge in [0.05, 0.1) is 5.56 Å². The third-order valence-corrected chi connectivity index (χ3v) is 5.13. The summed E-state index contributed by atoms with van der Waals surface area (Å²) in [5, 5.41) is 4.97. The fourth-order valence-electron chi connectivity index (χ4n) is 3.26. The fraction of sp³-hybridized carbons (Fsp3) is 0.292. The fourth-order valence-corrected chi connectivity index (χ4v) is 3.26. The number of halogens is 4. The van der Waals surface area contributed by atoms with Crippen molar-refractivity contribution in [1.82, 2.24) is 10.3 Å². The van der Waals surface area contributed by atoms with Crippen molar-refractivity contribution in [1.29, 1.82) is 0 Å². The Morgan fingerprint density at radius 1 is 1.26 bits per heavy atom. The number of hydrogen-bond donors (Lipinski definition) is 2. The summed E-state index contributed by atoms with van der Waals surface area (Å²) < 4.78 is 59.1. The third-order valence-electron chi connectivity index (χ3n) is 5.13. The molecular formula is C24H23F4N3O3. The molecule has 0 aliphatic carbocycles. The summed E-state index contributed by atoms with van der Waals surface area (Å²) in [6.45, 7) is 3.15. The second-order valence-corrected chi connectivity index (χ2v) is 7.58. The number of allylic oxidation sites excluding steroid dienone is 4. The van der Waals surface area contributed by atoms with Gasteiger partial charge in [0, 0.05) is 42.3 Å². The molecule has 0 saturated heterocycles. The molecule has 3 rings (SSSR count). The van der Waals surface area contributed by atoms with Crippen molar-refractivity contribution in [3.05, 3.63) is 76.6 Å². The summed E-state index contributed by atoms with van der Waals surface area (Å²) >= 11 is 0. The Morgan fingerprint density at radius 2 is 2.03 bits per heavy atom. The van der Waals surface area contributed by atoms with E-state index < -0.39 is 23.5 Å². The van der Waals surface area contributed by atoms with Crippen LogP contribution in [0, 0.1) is 0 Å². The van der Waals surface area contributed by atoms with E-state index in [4.69, 9.17) is 4.74 Å². The van der Waals surface area contributed by atoms with Crippen molar-refractivity contribution in [3.63, 3.8) is 0 Å². The van der Waals surface area contributed by atoms with Crippen LogP contribution in [0.4, 0.5) is 23.4 Å². The highest BCUT2D eigenvalue weighted by Gasteiger charge is 2.31. The van der Waals surface area contributed by atoms with Gasteiger partial charge in [-0.2, -0.15) is 13.2 Å². The maximum Gasteiger partial charge on any atom is 0.416 e. The Bertz CT molecular complexity index is 1160. The van der Waals surface area contributed by atoms with Crippen LogP contribution in [-0.4, -0.2) is 16.8 Å². The number of fused-ring (bicyclic) bond motifs is 1. The average Bonchev–Trinajstić information content (AvgIpc) is 2.80. The van der Waals surface area contributed by atoms with Crippen molar-refractivity contribution in [2.45, 2.75) is 45.7 Å². The molecular weight excluding hydrogens is 454 g/mol. The number of carbonyl (C=O) groups excluding carboxylic acids is 2. The molecule has 1 aromatic carbocycles. The van der Waals surface area contributed by atoms with E-state index >= 15 is 0 Å². The smallest absolute Gasteiger partial charge is 0.416 e. The maximum atomic E-state index is 14.6. The van der Waals surface area contributed by atoms with E-state index in [-0.39, 0.29) is 23.6 Å². The number of pyridine rings is 1. The first-order valence-corrected chi connectivity index (χ1v) is 10.6. The number of ether oxygens (including phenoxy) is 1. The van der Waals surface area contributed by atoms with Crippen LogP contribution in [0.3, 0.4) is 0 Å². The molecule has 1 aliphatic heterocycles. The van der Waals surface area contributed by atoms with Gasteiger partial charge in [0.15, 0.2) is 0 Å². The Labute approximate surface area is 193 Å². The molecule has 1 aliphatic rings. The van der Waals surface area contributed by atoms with Crippen LogP contribution in [-0.2, 0) is 17.4 Å². The Balaban J connectivity index is 1.69. The van der Waals surface area contributed by atoms with Crippen LogP contribution in [0.2, 0.25) is 0 Å². The Hall–Kier alpha value is -3.69. The zero-order valence-corrected chi connectivity index (χ0v) is 18.6. The van der Waals surface area contributed by atoms with Crippen LogP contribution in [0.5, 0.6) is 5.75 Å². The summed E-state index contributed by atoms with van der Waals surface area (Å²) in [7, 11) is 0. The molecule has 0 spiro atoms. The highest BCUT2D eigenvalue weighted by Crippen LogP contribution is 2.31. The Morgan fingerprint density at radius 3 is 2.74 bits per heavy atom. The minimum Gasteiger partial charge on any atom is -0.462 e. The molecule has 0 saturated carbocycles. The van der Waals surface area contributed by atoms with Crippen LogP contribution in [0.1, 0.15) is 54.6 Å². The summed E-state index contributed by atoms with van der Waals surface area (Å²) in [5.41, 5.74) is -0.558. The van der Waals surface area contributed by atoms with Gasteiger partial charge in [0.1, 0.15) is 23.2 Å². The zero-order valence-electron chi connectivity index (χ0n) is 18.6. The van der Waals surface area contributed by atoms with Crippen LogP contribution >= 0.6 is 0 Å². The predicted molar refractivity (Wildman–Crippen MR) is 118 cm³/mol. The zero-order chi connectivity index (χ0) is 24.9. The topological polar surface area (TPSA) is 80.3 Å². The van der Waals surface area contributed by atoms with Gasteiger partial charge in [-0.15, -0.1) is 0 Å². The lowest BCUT2D eigenvalue weighted by molar-refractivity contribution is -0.137. The highest BCUT2D eigenvalue weighted by molar-refractivity contribution is 5.95. The van der Waals surface area contributed by atoms with Gasteiger partial charge in [0.2, 0.25) is 5.91 Å². The van der Waals surface area contributed by atoms with E-state index in [1.807, 2.05) is 6.92 Å². The largest absolute Gasteiger partial charge is 0.462 e. The van der Waals surface area contributed by atoms with Gasteiger partial charge in [-0.05, 0) is 43.7 Å². The number of anilines is 1. The number of alkyl halides is 3. The van der Waals surface area contributed by atoms with Gasteiger partial charge in [-0.1, -0.05) is 13.0 Å². The number of rotatable bonds is 7. The van der Waals surface area contributed by atoms with Crippen molar-refractivity contribution in [3.8, 4) is 5.75 Å². The summed E-state index contributed by atoms with van der Waals surface area (Å²) in [4.78, 5) is 28.0. The van der Waals surface area contributed by atoms with Gasteiger partial charge in [0.25, 0.3) is 5.91 Å². The van der Waals surface area contributed by atoms with Crippen molar-refractivity contribution in [2.75, 3.05) is 5.32 Å². The SMILES string of the molecule is CC/C(=C\C/C(F)=C(\C)NC(=O)c1cccc(C(F)(F)F)c1)Oc1ccnc2c1CCC(=O)N2. The maximum absolute atomic E-state index is 14.6. The quantitative estimate of drug-likeness (QED) is 0.397. The van der Waals surface area contributed by atoms with E-state index in [1.54, 1.807) is 6.07 Å². The Kier molecular flexibility index (Phi) is 7.70. The van der Waals surface area contributed by atoms with Gasteiger partial charge in [-0.25, -0.2) is 9.37 Å². The lowest BCUT2D eigenvalue weighted by Crippen LogP contribution is -2.22. The summed E-state index contributed by atoms with van der Waals surface area (Å²) in [5.74, 6) is -0.227. The summed E-state index contributed by atoms with van der Waals surface area (Å²) in [6.07, 6.45) is -0.537. The van der Waals surface area contributed by atoms with E-state index in [0.717, 1.165) is 17.7 Å². The minimum absolute atomic E-state index is 0.113. The monoisotopic (exact) mass is 477 g/mol. The molecule has 0 bridgehead atoms. The number of benzene rings is 1. The second kappa shape index (κ2) is 10.5. The number of aromatic nitrogens is 1. The highest BCUT2D eigenvalue weighted by atomic mass is 19.4. The molecule has 0 fully saturated rings. The first-order chi connectivity index (χ1) is 16.1. The molecule has 180 valence electrons. The number of amides is 2. The molecule has 1 aromatic heterocycles. The van der Waals surface area contributed by atoms with Crippen molar-refractivity contribution in [2.24, 2.45) is 0 Å². The lowest BCUT2D eigenvalue weighted by atomic mass is 10.1. The van der Waals surface area contributed by atoms with Crippen LogP contribution < -0.4 is 15.4 Å². The lowest BCUT2D eigenvalue weighted by Gasteiger charge is -2.19. The van der Waals surface area contributed by atoms with E-state index in [9.17, 15) is 27.2 Å². The van der Waals surface area contributed by atoms with Gasteiger partial charge in [-0.3, -0.25) is 9.59 Å². The molecule has 2 amide bonds. The van der Waals surface area contributed by atoms with E-state index in [2.05, 4.69) is 15.6 Å². The normalized spacial score (nSPS) is 14.6. The van der Waals surface area contributed by atoms with Gasteiger partial charge >= 0.3 is 6.18 Å². The standard InChI is InChI=1S/C24H23F4N3O3/c1-3-17(34-20-11-12-29-22-18(20)8-10-21(32)31-22)7-9-19(25)14(2)30-23(33)15-5-4-6-16(13-15)24(26,27)28/h4-7,11-13H,3,8-10H2,1-2H3,(H,30,33)(H,29,31,32)/b17-7+,19-14-. The average molecular weight is 477 g/mol. The molecule has 0 unspecified atom stereocenters. The van der Waals surface area contributed by atoms with Gasteiger partial charge < -0.3 is 15.4 Å². The van der Waals surface area contributed by atoms with E-state index in [1.165, 1.54) is 25.3 Å². The van der Waals surface area contributed by atoms with Crippen molar-refractivity contribution < 1.29 is 31.9 Å². The number of nitrogens with one attached hydrogen (secondary N) is 2. The molecule has 0 atom stereocenters. The molecule has 2 N–H and O–H groups in total. The first kappa shape index (κ1) is 24.9. The predicted octanol–water partition coefficient (Wildman–Crippen LogP) is 5.68. The molecule has 2 aromatic rings. The van der Waals surface area contributed by atoms with Crippen LogP contribution in [0.15, 0.2) is 59.9 Å². The molecule has 0 radical (unpaired) electrons. The number of hydrogen-bond acceptors (Lipinski definition) is 4. The molecule has 10 heteroatoms. The number of carbonyl (C=O) groups is 2. The molecule has 6 nitrogen and oxygen atoms in total. The second-order valence-electron chi connectivity index (χ2n) is 7.58. The minimum atomic E-state index is -4.59. The molecule has 34 heavy (non-hydrogen) atoms. The first-order valence-electron chi connectivity index (χ1n) is 10.6. The van der Waals surface area contributed by atoms with Crippen LogP contribution in [0.25, 0.3) is 0 Å². The number of nitrogens with zero attached hydrogens (tertiary/aromatic N) is 1. The van der Waals surface area contributed by atoms with E-state index in [0.29, 0.717) is 42.7 Å². The molecule has 2 heterocycles. The summed E-state index contributed by atoms with van der Waals surface area (Å²) in [6, 6.07) is 5.55. The third kappa shape index (κ3) is 6.21.